The quantitative estimate of drug-likeness (QED) is 0.526. The van der Waals surface area contributed by atoms with Crippen molar-refractivity contribution in [1.29, 1.82) is 0 Å². The van der Waals surface area contributed by atoms with E-state index in [9.17, 15) is 9.18 Å². The molecule has 0 saturated carbocycles. The first kappa shape index (κ1) is 17.2. The van der Waals surface area contributed by atoms with E-state index in [1.807, 2.05) is 23.7 Å². The number of rotatable bonds is 3. The van der Waals surface area contributed by atoms with E-state index in [0.717, 1.165) is 34.9 Å². The van der Waals surface area contributed by atoms with Gasteiger partial charge in [0, 0.05) is 43.4 Å². The molecule has 3 aromatic heterocycles. The van der Waals surface area contributed by atoms with Crippen LogP contribution in [0.15, 0.2) is 57.4 Å². The summed E-state index contributed by atoms with van der Waals surface area (Å²) in [5.74, 6) is 0.321. The predicted octanol–water partition coefficient (Wildman–Crippen LogP) is 4.01. The Bertz CT molecular complexity index is 1220. The molecule has 0 radical (unpaired) electrons. The molecule has 5 rings (SSSR count). The number of benzene rings is 1. The van der Waals surface area contributed by atoms with Crippen LogP contribution in [0, 0.1) is 5.82 Å². The van der Waals surface area contributed by atoms with Crippen LogP contribution in [0.5, 0.6) is 0 Å². The van der Waals surface area contributed by atoms with Crippen molar-refractivity contribution in [1.82, 2.24) is 14.9 Å². The molecule has 0 bridgehead atoms. The summed E-state index contributed by atoms with van der Waals surface area (Å²) in [5, 5.41) is 2.29. The third-order valence-electron chi connectivity index (χ3n) is 4.95. The molecule has 140 valence electrons. The molecule has 1 aliphatic heterocycles. The summed E-state index contributed by atoms with van der Waals surface area (Å²) in [6.45, 7) is 1.90. The Morgan fingerprint density at radius 3 is 3.07 bits per heavy atom. The summed E-state index contributed by atoms with van der Waals surface area (Å²) in [4.78, 5) is 25.1. The Labute approximate surface area is 164 Å². The Balaban J connectivity index is 1.39. The van der Waals surface area contributed by atoms with Crippen LogP contribution in [0.2, 0.25) is 0 Å². The Hall–Kier alpha value is -2.90. The van der Waals surface area contributed by atoms with Gasteiger partial charge in [-0.15, -0.1) is 11.3 Å². The van der Waals surface area contributed by atoms with E-state index in [4.69, 9.17) is 9.40 Å². The number of hydrogen-bond acceptors (Lipinski definition) is 6. The molecule has 5 nitrogen and oxygen atoms in total. The van der Waals surface area contributed by atoms with Gasteiger partial charge in [-0.25, -0.2) is 14.4 Å². The lowest BCUT2D eigenvalue weighted by Crippen LogP contribution is -2.32. The summed E-state index contributed by atoms with van der Waals surface area (Å²) in [6, 6.07) is 8.01. The van der Waals surface area contributed by atoms with Gasteiger partial charge in [0.05, 0.1) is 22.2 Å². The number of thiophene rings is 1. The maximum absolute atomic E-state index is 13.5. The van der Waals surface area contributed by atoms with Gasteiger partial charge in [-0.2, -0.15) is 0 Å². The van der Waals surface area contributed by atoms with Crippen molar-refractivity contribution in [2.45, 2.75) is 19.5 Å². The van der Waals surface area contributed by atoms with Crippen molar-refractivity contribution >= 4 is 22.3 Å². The van der Waals surface area contributed by atoms with Gasteiger partial charge in [0.1, 0.15) is 11.4 Å². The second-order valence-electron chi connectivity index (χ2n) is 6.83. The summed E-state index contributed by atoms with van der Waals surface area (Å²) in [5.41, 5.74) is 2.87. The second kappa shape index (κ2) is 6.92. The lowest BCUT2D eigenvalue weighted by Gasteiger charge is -2.27. The number of hydrogen-bond donors (Lipinski definition) is 0. The highest BCUT2D eigenvalue weighted by Crippen LogP contribution is 2.24. The highest BCUT2D eigenvalue weighted by molar-refractivity contribution is 7.13. The average molecular weight is 393 g/mol. The van der Waals surface area contributed by atoms with Crippen molar-refractivity contribution < 1.29 is 8.81 Å². The summed E-state index contributed by atoms with van der Waals surface area (Å²) >= 11 is 1.63. The lowest BCUT2D eigenvalue weighted by atomic mass is 10.1. The minimum atomic E-state index is -0.442. The third kappa shape index (κ3) is 3.12. The average Bonchev–Trinajstić information content (AvgIpc) is 3.25. The zero-order valence-corrected chi connectivity index (χ0v) is 15.7. The molecule has 1 aliphatic rings. The van der Waals surface area contributed by atoms with Crippen molar-refractivity contribution in [3.05, 3.63) is 81.0 Å². The van der Waals surface area contributed by atoms with E-state index >= 15 is 0 Å². The molecule has 7 heteroatoms. The van der Waals surface area contributed by atoms with Crippen LogP contribution in [0.3, 0.4) is 0 Å². The van der Waals surface area contributed by atoms with E-state index in [0.29, 0.717) is 24.2 Å². The van der Waals surface area contributed by atoms with E-state index in [1.165, 1.54) is 24.5 Å². The number of nitrogens with zero attached hydrogens (tertiary/aromatic N) is 3. The fourth-order valence-electron chi connectivity index (χ4n) is 3.53. The molecule has 0 aliphatic carbocycles. The number of halogens is 1. The fraction of sp³-hybridized carbons (Fsp3) is 0.190. The predicted molar refractivity (Wildman–Crippen MR) is 106 cm³/mol. The molecule has 4 aromatic rings. The lowest BCUT2D eigenvalue weighted by molar-refractivity contribution is 0.240. The van der Waals surface area contributed by atoms with Gasteiger partial charge in [0.25, 0.3) is 0 Å². The normalized spacial score (nSPS) is 14.3. The van der Waals surface area contributed by atoms with E-state index in [2.05, 4.69) is 9.88 Å². The maximum atomic E-state index is 13.5. The minimum absolute atomic E-state index is 0.184. The van der Waals surface area contributed by atoms with Crippen LogP contribution in [-0.2, 0) is 19.5 Å². The largest absolute Gasteiger partial charge is 0.464 e. The third-order valence-corrected chi connectivity index (χ3v) is 5.82. The van der Waals surface area contributed by atoms with Crippen LogP contribution in [0.25, 0.3) is 21.7 Å². The molecule has 0 atom stereocenters. The summed E-state index contributed by atoms with van der Waals surface area (Å²) in [6.07, 6.45) is 4.15. The standard InChI is InChI=1S/C21H16FN3O2S/c22-15-3-4-18-16(8-15)20(26)14(12-27-18)11-25-6-5-17-13(10-25)9-23-21(24-17)19-2-1-7-28-19/h1-4,7-9,12H,5-6,10-11H2. The van der Waals surface area contributed by atoms with Crippen LogP contribution in [0.1, 0.15) is 16.8 Å². The molecular weight excluding hydrogens is 377 g/mol. The van der Waals surface area contributed by atoms with Crippen molar-refractivity contribution in [2.24, 2.45) is 0 Å². The van der Waals surface area contributed by atoms with Crippen LogP contribution in [-0.4, -0.2) is 21.4 Å². The first-order chi connectivity index (χ1) is 13.7. The van der Waals surface area contributed by atoms with Gasteiger partial charge in [0.15, 0.2) is 11.3 Å². The molecule has 0 unspecified atom stereocenters. The fourth-order valence-corrected chi connectivity index (χ4v) is 4.19. The van der Waals surface area contributed by atoms with Crippen molar-refractivity contribution in [2.75, 3.05) is 6.54 Å². The smallest absolute Gasteiger partial charge is 0.197 e. The van der Waals surface area contributed by atoms with Crippen LogP contribution in [0.4, 0.5) is 4.39 Å². The van der Waals surface area contributed by atoms with Gasteiger partial charge < -0.3 is 4.42 Å². The minimum Gasteiger partial charge on any atom is -0.464 e. The van der Waals surface area contributed by atoms with Crippen LogP contribution < -0.4 is 5.43 Å². The molecule has 1 aromatic carbocycles. The molecular formula is C21H16FN3O2S. The highest BCUT2D eigenvalue weighted by atomic mass is 32.1. The molecule has 28 heavy (non-hydrogen) atoms. The first-order valence-electron chi connectivity index (χ1n) is 8.98. The summed E-state index contributed by atoms with van der Waals surface area (Å²) < 4.78 is 19.0. The second-order valence-corrected chi connectivity index (χ2v) is 7.78. The Morgan fingerprint density at radius 2 is 2.21 bits per heavy atom. The van der Waals surface area contributed by atoms with Gasteiger partial charge in [-0.1, -0.05) is 6.07 Å². The van der Waals surface area contributed by atoms with Crippen LogP contribution >= 0.6 is 11.3 Å². The monoisotopic (exact) mass is 393 g/mol. The number of aromatic nitrogens is 2. The van der Waals surface area contributed by atoms with E-state index < -0.39 is 5.82 Å². The number of fused-ring (bicyclic) bond motifs is 2. The molecule has 0 N–H and O–H groups in total. The molecule has 0 fully saturated rings. The van der Waals surface area contributed by atoms with E-state index in [-0.39, 0.29) is 10.8 Å². The zero-order chi connectivity index (χ0) is 19.1. The highest BCUT2D eigenvalue weighted by Gasteiger charge is 2.20. The van der Waals surface area contributed by atoms with E-state index in [1.54, 1.807) is 11.3 Å². The Morgan fingerprint density at radius 1 is 1.29 bits per heavy atom. The Kier molecular flexibility index (Phi) is 4.26. The molecule has 4 heterocycles. The van der Waals surface area contributed by atoms with Gasteiger partial charge in [0.2, 0.25) is 0 Å². The first-order valence-corrected chi connectivity index (χ1v) is 9.86. The topological polar surface area (TPSA) is 59.2 Å². The maximum Gasteiger partial charge on any atom is 0.197 e. The molecule has 0 spiro atoms. The molecule has 0 amide bonds. The molecule has 0 saturated heterocycles. The SMILES string of the molecule is O=c1c(CN2CCc3nc(-c4cccs4)ncc3C2)coc2ccc(F)cc12. The van der Waals surface area contributed by atoms with Gasteiger partial charge in [-0.3, -0.25) is 9.69 Å². The van der Waals surface area contributed by atoms with Gasteiger partial charge >= 0.3 is 0 Å². The van der Waals surface area contributed by atoms with Crippen molar-refractivity contribution in [3.63, 3.8) is 0 Å². The van der Waals surface area contributed by atoms with Crippen molar-refractivity contribution in [3.8, 4) is 10.7 Å². The zero-order valence-electron chi connectivity index (χ0n) is 14.9. The van der Waals surface area contributed by atoms with Gasteiger partial charge in [-0.05, 0) is 29.6 Å². The summed E-state index contributed by atoms with van der Waals surface area (Å²) in [7, 11) is 0.